The average molecular weight is 316 g/mol. The van der Waals surface area contributed by atoms with Gasteiger partial charge in [-0.2, -0.15) is 0 Å². The molecule has 0 radical (unpaired) electrons. The lowest BCUT2D eigenvalue weighted by Gasteiger charge is -2.29. The summed E-state index contributed by atoms with van der Waals surface area (Å²) < 4.78 is 16.7. The van der Waals surface area contributed by atoms with Crippen LogP contribution in [0.3, 0.4) is 0 Å². The highest BCUT2D eigenvalue weighted by atomic mass is 16.6. The standard InChI is InChI=1S/C19H29BO3/c1-3-4-15-5-7-16(8-6-15)17-9-11-18(12-10-17)20-22-13-19(21-2)14-23-20/h9-12,15-16,19H,3-8,13-14H2,1-2H3. The molecule has 23 heavy (non-hydrogen) atoms. The maximum Gasteiger partial charge on any atom is 0.494 e. The van der Waals surface area contributed by atoms with Crippen LogP contribution in [0.25, 0.3) is 0 Å². The van der Waals surface area contributed by atoms with Gasteiger partial charge in [0.25, 0.3) is 0 Å². The van der Waals surface area contributed by atoms with E-state index in [1.54, 1.807) is 7.11 Å². The number of rotatable bonds is 5. The third kappa shape index (κ3) is 4.37. The van der Waals surface area contributed by atoms with Crippen LogP contribution in [0.1, 0.15) is 56.9 Å². The van der Waals surface area contributed by atoms with Gasteiger partial charge in [-0.3, -0.25) is 0 Å². The van der Waals surface area contributed by atoms with Crippen molar-refractivity contribution < 1.29 is 14.0 Å². The maximum absolute atomic E-state index is 5.75. The number of hydrogen-bond acceptors (Lipinski definition) is 3. The number of ether oxygens (including phenoxy) is 1. The van der Waals surface area contributed by atoms with Gasteiger partial charge in [-0.05, 0) is 48.5 Å². The Morgan fingerprint density at radius 3 is 2.26 bits per heavy atom. The van der Waals surface area contributed by atoms with Crippen molar-refractivity contribution in [2.75, 3.05) is 20.3 Å². The molecule has 1 aromatic rings. The van der Waals surface area contributed by atoms with Crippen molar-refractivity contribution in [1.82, 2.24) is 0 Å². The van der Waals surface area contributed by atoms with Crippen LogP contribution in [-0.4, -0.2) is 33.5 Å². The Balaban J connectivity index is 1.53. The van der Waals surface area contributed by atoms with E-state index in [0.717, 1.165) is 17.3 Å². The summed E-state index contributed by atoms with van der Waals surface area (Å²) in [6.45, 7) is 3.50. The smallest absolute Gasteiger partial charge is 0.404 e. The average Bonchev–Trinajstić information content (AvgIpc) is 2.63. The van der Waals surface area contributed by atoms with Crippen molar-refractivity contribution in [3.63, 3.8) is 0 Å². The fraction of sp³-hybridized carbons (Fsp3) is 0.684. The van der Waals surface area contributed by atoms with Gasteiger partial charge in [0.1, 0.15) is 6.10 Å². The van der Waals surface area contributed by atoms with Crippen LogP contribution in [0.15, 0.2) is 24.3 Å². The van der Waals surface area contributed by atoms with E-state index in [1.165, 1.54) is 44.1 Å². The van der Waals surface area contributed by atoms with Crippen molar-refractivity contribution in [1.29, 1.82) is 0 Å². The first kappa shape index (κ1) is 17.0. The molecule has 1 aliphatic carbocycles. The summed E-state index contributed by atoms with van der Waals surface area (Å²) in [5.74, 6) is 1.71. The quantitative estimate of drug-likeness (QED) is 0.778. The van der Waals surface area contributed by atoms with Crippen LogP contribution < -0.4 is 5.46 Å². The molecule has 0 spiro atoms. The summed E-state index contributed by atoms with van der Waals surface area (Å²) in [6.07, 6.45) is 8.27. The summed E-state index contributed by atoms with van der Waals surface area (Å²) in [7, 11) is 1.46. The molecule has 0 N–H and O–H groups in total. The molecule has 126 valence electrons. The zero-order valence-corrected chi connectivity index (χ0v) is 14.5. The predicted octanol–water partition coefficient (Wildman–Crippen LogP) is 3.52. The second-order valence-electron chi connectivity index (χ2n) is 7.03. The van der Waals surface area contributed by atoms with Crippen molar-refractivity contribution in [2.24, 2.45) is 5.92 Å². The van der Waals surface area contributed by atoms with Crippen LogP contribution in [0, 0.1) is 5.92 Å². The van der Waals surface area contributed by atoms with Crippen LogP contribution in [0.5, 0.6) is 0 Å². The van der Waals surface area contributed by atoms with E-state index in [1.807, 2.05) is 0 Å². The molecule has 2 fully saturated rings. The molecule has 3 nitrogen and oxygen atoms in total. The minimum atomic E-state index is -0.240. The molecule has 1 saturated heterocycles. The third-order valence-corrected chi connectivity index (χ3v) is 5.42. The molecule has 3 rings (SSSR count). The lowest BCUT2D eigenvalue weighted by Crippen LogP contribution is -2.46. The Morgan fingerprint density at radius 1 is 1.04 bits per heavy atom. The van der Waals surface area contributed by atoms with Crippen molar-refractivity contribution in [3.8, 4) is 0 Å². The van der Waals surface area contributed by atoms with Crippen LogP contribution in [0.4, 0.5) is 0 Å². The van der Waals surface area contributed by atoms with Crippen LogP contribution in [0.2, 0.25) is 0 Å². The first-order valence-corrected chi connectivity index (χ1v) is 9.16. The fourth-order valence-electron chi connectivity index (χ4n) is 3.93. The van der Waals surface area contributed by atoms with E-state index in [2.05, 4.69) is 31.2 Å². The van der Waals surface area contributed by atoms with E-state index in [0.29, 0.717) is 13.2 Å². The largest absolute Gasteiger partial charge is 0.494 e. The van der Waals surface area contributed by atoms with Crippen molar-refractivity contribution >= 4 is 12.6 Å². The van der Waals surface area contributed by atoms with Crippen LogP contribution in [-0.2, 0) is 14.0 Å². The Bertz CT molecular complexity index is 460. The molecule has 0 atom stereocenters. The SMILES string of the molecule is CCCC1CCC(c2ccc(B3OCC(OC)CO3)cc2)CC1. The first-order valence-electron chi connectivity index (χ1n) is 9.16. The van der Waals surface area contributed by atoms with E-state index in [-0.39, 0.29) is 13.2 Å². The van der Waals surface area contributed by atoms with Gasteiger partial charge in [-0.1, -0.05) is 44.0 Å². The molecule has 1 saturated carbocycles. The van der Waals surface area contributed by atoms with Gasteiger partial charge < -0.3 is 14.0 Å². The molecule has 0 amide bonds. The van der Waals surface area contributed by atoms with Crippen molar-refractivity contribution in [3.05, 3.63) is 29.8 Å². The van der Waals surface area contributed by atoms with Gasteiger partial charge in [-0.15, -0.1) is 0 Å². The lowest BCUT2D eigenvalue weighted by molar-refractivity contribution is -0.0186. The van der Waals surface area contributed by atoms with Crippen molar-refractivity contribution in [2.45, 2.75) is 57.5 Å². The van der Waals surface area contributed by atoms with Gasteiger partial charge in [0.15, 0.2) is 0 Å². The number of hydrogen-bond donors (Lipinski definition) is 0. The van der Waals surface area contributed by atoms with Gasteiger partial charge in [0, 0.05) is 7.11 Å². The Hall–Kier alpha value is -0.835. The molecular formula is C19H29BO3. The highest BCUT2D eigenvalue weighted by Gasteiger charge is 2.29. The zero-order chi connectivity index (χ0) is 16.1. The minimum absolute atomic E-state index is 0.0591. The Kier molecular flexibility index (Phi) is 6.15. The summed E-state index contributed by atoms with van der Waals surface area (Å²) in [5.41, 5.74) is 2.59. The van der Waals surface area contributed by atoms with E-state index in [4.69, 9.17) is 14.0 Å². The zero-order valence-electron chi connectivity index (χ0n) is 14.5. The highest BCUT2D eigenvalue weighted by Crippen LogP contribution is 2.37. The van der Waals surface area contributed by atoms with Gasteiger partial charge in [-0.25, -0.2) is 0 Å². The van der Waals surface area contributed by atoms with E-state index >= 15 is 0 Å². The molecule has 0 bridgehead atoms. The molecule has 0 aromatic heterocycles. The van der Waals surface area contributed by atoms with Gasteiger partial charge in [0.05, 0.1) is 13.2 Å². The normalized spacial score (nSPS) is 26.4. The molecule has 2 aliphatic rings. The van der Waals surface area contributed by atoms with Crippen LogP contribution >= 0.6 is 0 Å². The summed E-state index contributed by atoms with van der Waals surface area (Å²) >= 11 is 0. The highest BCUT2D eigenvalue weighted by molar-refractivity contribution is 6.61. The number of methoxy groups -OCH3 is 1. The Morgan fingerprint density at radius 2 is 1.70 bits per heavy atom. The molecule has 1 aliphatic heterocycles. The molecule has 1 heterocycles. The molecular weight excluding hydrogens is 287 g/mol. The predicted molar refractivity (Wildman–Crippen MR) is 94.1 cm³/mol. The Labute approximate surface area is 140 Å². The molecule has 0 unspecified atom stereocenters. The maximum atomic E-state index is 5.75. The molecule has 1 aromatic carbocycles. The topological polar surface area (TPSA) is 27.7 Å². The van der Waals surface area contributed by atoms with Gasteiger partial charge in [0.2, 0.25) is 0 Å². The first-order chi connectivity index (χ1) is 11.3. The number of benzene rings is 1. The fourth-order valence-corrected chi connectivity index (χ4v) is 3.93. The second-order valence-corrected chi connectivity index (χ2v) is 7.03. The summed E-state index contributed by atoms with van der Waals surface area (Å²) in [6, 6.07) is 8.89. The third-order valence-electron chi connectivity index (χ3n) is 5.42. The van der Waals surface area contributed by atoms with Gasteiger partial charge >= 0.3 is 7.12 Å². The summed E-state index contributed by atoms with van der Waals surface area (Å²) in [4.78, 5) is 0. The van der Waals surface area contributed by atoms with E-state index in [9.17, 15) is 0 Å². The molecule has 4 heteroatoms. The van der Waals surface area contributed by atoms with E-state index < -0.39 is 0 Å². The minimum Gasteiger partial charge on any atom is -0.404 e. The lowest BCUT2D eigenvalue weighted by atomic mass is 9.74. The monoisotopic (exact) mass is 316 g/mol. The summed E-state index contributed by atoms with van der Waals surface area (Å²) in [5, 5.41) is 0. The second kappa shape index (κ2) is 8.32.